The first-order chi connectivity index (χ1) is 15.2. The van der Waals surface area contributed by atoms with Crippen LogP contribution in [-0.2, 0) is 16.1 Å². The van der Waals surface area contributed by atoms with Crippen molar-refractivity contribution < 1.29 is 19.0 Å². The van der Waals surface area contributed by atoms with E-state index in [-0.39, 0.29) is 5.78 Å². The Morgan fingerprint density at radius 3 is 2.52 bits per heavy atom. The van der Waals surface area contributed by atoms with Crippen LogP contribution in [0.2, 0.25) is 0 Å². The lowest BCUT2D eigenvalue weighted by Gasteiger charge is -2.10. The standard InChI is InChI=1S/C26H21NO4/c1-17-21-14-20(29-15-18-8-4-2-5-9-18)12-13-22(21)27-24(17)23-16-30-26(31-23)25(28)19-10-6-3-7-11-19/h2-14,16,26-27H,15H2,1H3. The number of ketones is 1. The van der Waals surface area contributed by atoms with Gasteiger partial charge < -0.3 is 19.2 Å². The maximum Gasteiger partial charge on any atom is 0.305 e. The molecule has 31 heavy (non-hydrogen) atoms. The van der Waals surface area contributed by atoms with Gasteiger partial charge in [-0.2, -0.15) is 0 Å². The molecule has 154 valence electrons. The van der Waals surface area contributed by atoms with Crippen molar-refractivity contribution in [1.29, 1.82) is 0 Å². The molecule has 0 radical (unpaired) electrons. The van der Waals surface area contributed by atoms with Crippen LogP contribution in [0.1, 0.15) is 27.2 Å². The molecular formula is C26H21NO4. The summed E-state index contributed by atoms with van der Waals surface area (Å²) in [5.41, 5.74) is 4.42. The van der Waals surface area contributed by atoms with E-state index in [1.54, 1.807) is 12.1 Å². The Morgan fingerprint density at radius 1 is 1.00 bits per heavy atom. The quantitative estimate of drug-likeness (QED) is 0.419. The molecule has 1 aliphatic heterocycles. The Kier molecular flexibility index (Phi) is 4.92. The number of carbonyl (C=O) groups excluding carboxylic acids is 1. The van der Waals surface area contributed by atoms with E-state index in [2.05, 4.69) is 4.98 Å². The summed E-state index contributed by atoms with van der Waals surface area (Å²) in [5.74, 6) is 1.09. The number of carbonyl (C=O) groups is 1. The smallest absolute Gasteiger partial charge is 0.305 e. The zero-order valence-electron chi connectivity index (χ0n) is 17.0. The van der Waals surface area contributed by atoms with Gasteiger partial charge in [-0.3, -0.25) is 4.79 Å². The summed E-state index contributed by atoms with van der Waals surface area (Å²) in [4.78, 5) is 16.0. The summed E-state index contributed by atoms with van der Waals surface area (Å²) in [6, 6.07) is 25.0. The number of hydrogen-bond donors (Lipinski definition) is 1. The molecule has 0 amide bonds. The van der Waals surface area contributed by atoms with Gasteiger partial charge >= 0.3 is 6.29 Å². The highest BCUT2D eigenvalue weighted by atomic mass is 16.7. The molecule has 0 saturated carbocycles. The van der Waals surface area contributed by atoms with Gasteiger partial charge in [0.15, 0.2) is 5.76 Å². The second-order valence-corrected chi connectivity index (χ2v) is 7.40. The SMILES string of the molecule is Cc1c(C2=COC(C(=O)c3ccccc3)O2)[nH]c2ccc(OCc3ccccc3)cc12. The van der Waals surface area contributed by atoms with E-state index in [9.17, 15) is 4.79 Å². The van der Waals surface area contributed by atoms with Gasteiger partial charge in [-0.1, -0.05) is 60.7 Å². The van der Waals surface area contributed by atoms with Crippen LogP contribution < -0.4 is 4.74 Å². The first-order valence-corrected chi connectivity index (χ1v) is 10.1. The van der Waals surface area contributed by atoms with Gasteiger partial charge in [0.25, 0.3) is 0 Å². The Morgan fingerprint density at radius 2 is 1.74 bits per heavy atom. The number of ether oxygens (including phenoxy) is 3. The number of H-pyrrole nitrogens is 1. The molecular weight excluding hydrogens is 390 g/mol. The summed E-state index contributed by atoms with van der Waals surface area (Å²) in [6.07, 6.45) is 0.517. The fraction of sp³-hybridized carbons (Fsp3) is 0.115. The Balaban J connectivity index is 1.34. The van der Waals surface area contributed by atoms with Crippen LogP contribution in [0.4, 0.5) is 0 Å². The number of fused-ring (bicyclic) bond motifs is 1. The van der Waals surface area contributed by atoms with Crippen LogP contribution in [0.15, 0.2) is 85.1 Å². The van der Waals surface area contributed by atoms with Gasteiger partial charge in [-0.05, 0) is 36.2 Å². The highest BCUT2D eigenvalue weighted by Gasteiger charge is 2.30. The van der Waals surface area contributed by atoms with Gasteiger partial charge in [0, 0.05) is 16.5 Å². The third-order valence-electron chi connectivity index (χ3n) is 5.33. The van der Waals surface area contributed by atoms with Crippen molar-refractivity contribution in [2.24, 2.45) is 0 Å². The summed E-state index contributed by atoms with van der Waals surface area (Å²) < 4.78 is 17.3. The molecule has 3 aromatic carbocycles. The number of rotatable bonds is 6. The molecule has 0 bridgehead atoms. The van der Waals surface area contributed by atoms with Crippen LogP contribution in [-0.4, -0.2) is 17.1 Å². The van der Waals surface area contributed by atoms with Crippen molar-refractivity contribution in [2.45, 2.75) is 19.8 Å². The zero-order valence-corrected chi connectivity index (χ0v) is 17.0. The van der Waals surface area contributed by atoms with E-state index >= 15 is 0 Å². The minimum absolute atomic E-state index is 0.211. The van der Waals surface area contributed by atoms with Crippen molar-refractivity contribution in [1.82, 2.24) is 4.98 Å². The molecule has 0 fully saturated rings. The number of aromatic nitrogens is 1. The van der Waals surface area contributed by atoms with E-state index in [1.165, 1.54) is 6.26 Å². The largest absolute Gasteiger partial charge is 0.489 e. The van der Waals surface area contributed by atoms with E-state index < -0.39 is 6.29 Å². The molecule has 1 N–H and O–H groups in total. The third-order valence-corrected chi connectivity index (χ3v) is 5.33. The van der Waals surface area contributed by atoms with E-state index in [0.717, 1.165) is 33.5 Å². The molecule has 1 unspecified atom stereocenters. The topological polar surface area (TPSA) is 60.5 Å². The van der Waals surface area contributed by atoms with Crippen molar-refractivity contribution in [2.75, 3.05) is 0 Å². The molecule has 5 rings (SSSR count). The number of aromatic amines is 1. The first-order valence-electron chi connectivity index (χ1n) is 10.1. The van der Waals surface area contributed by atoms with Gasteiger partial charge in [0.1, 0.15) is 18.6 Å². The molecule has 0 spiro atoms. The molecule has 2 heterocycles. The maximum absolute atomic E-state index is 12.6. The summed E-state index contributed by atoms with van der Waals surface area (Å²) >= 11 is 0. The van der Waals surface area contributed by atoms with Gasteiger partial charge in [0.05, 0.1) is 5.69 Å². The maximum atomic E-state index is 12.6. The number of aryl methyl sites for hydroxylation is 1. The van der Waals surface area contributed by atoms with Gasteiger partial charge in [-0.25, -0.2) is 0 Å². The van der Waals surface area contributed by atoms with Crippen molar-refractivity contribution in [3.8, 4) is 5.75 Å². The average Bonchev–Trinajstić information content (AvgIpc) is 3.43. The van der Waals surface area contributed by atoms with Crippen LogP contribution in [0.3, 0.4) is 0 Å². The zero-order chi connectivity index (χ0) is 21.2. The lowest BCUT2D eigenvalue weighted by molar-refractivity contribution is -0.00136. The summed E-state index contributed by atoms with van der Waals surface area (Å²) in [5, 5.41) is 1.03. The van der Waals surface area contributed by atoms with E-state index in [4.69, 9.17) is 14.2 Å². The lowest BCUT2D eigenvalue weighted by atomic mass is 10.1. The Bertz CT molecular complexity index is 1260. The number of hydrogen-bond acceptors (Lipinski definition) is 4. The van der Waals surface area contributed by atoms with E-state index in [0.29, 0.717) is 17.9 Å². The van der Waals surface area contributed by atoms with Crippen LogP contribution >= 0.6 is 0 Å². The minimum Gasteiger partial charge on any atom is -0.489 e. The van der Waals surface area contributed by atoms with Gasteiger partial charge in [-0.15, -0.1) is 0 Å². The molecule has 0 aliphatic carbocycles. The molecule has 1 aromatic heterocycles. The second kappa shape index (κ2) is 8.03. The third kappa shape index (κ3) is 3.78. The average molecular weight is 411 g/mol. The molecule has 1 aliphatic rings. The minimum atomic E-state index is -0.979. The molecule has 4 aromatic rings. The normalized spacial score (nSPS) is 15.3. The molecule has 5 nitrogen and oxygen atoms in total. The van der Waals surface area contributed by atoms with Crippen LogP contribution in [0.5, 0.6) is 5.75 Å². The van der Waals surface area contributed by atoms with Crippen LogP contribution in [0, 0.1) is 6.92 Å². The van der Waals surface area contributed by atoms with Crippen LogP contribution in [0.25, 0.3) is 16.7 Å². The number of nitrogens with one attached hydrogen (secondary N) is 1. The van der Waals surface area contributed by atoms with Gasteiger partial charge in [0.2, 0.25) is 5.78 Å². The fourth-order valence-electron chi connectivity index (χ4n) is 3.65. The molecule has 0 saturated heterocycles. The summed E-state index contributed by atoms with van der Waals surface area (Å²) in [7, 11) is 0. The fourth-order valence-corrected chi connectivity index (χ4v) is 3.65. The van der Waals surface area contributed by atoms with Crippen molar-refractivity contribution in [3.63, 3.8) is 0 Å². The predicted octanol–water partition coefficient (Wildman–Crippen LogP) is 5.61. The van der Waals surface area contributed by atoms with Crippen molar-refractivity contribution >= 4 is 22.4 Å². The number of Topliss-reactive ketones (excluding diaryl/α,β-unsaturated/α-hetero) is 1. The molecule has 1 atom stereocenters. The molecule has 5 heteroatoms. The van der Waals surface area contributed by atoms with Crippen molar-refractivity contribution in [3.05, 3.63) is 108 Å². The highest BCUT2D eigenvalue weighted by molar-refractivity contribution is 5.99. The first kappa shape index (κ1) is 19.0. The summed E-state index contributed by atoms with van der Waals surface area (Å²) in [6.45, 7) is 2.51. The predicted molar refractivity (Wildman–Crippen MR) is 119 cm³/mol. The Hall–Kier alpha value is -3.99. The lowest BCUT2D eigenvalue weighted by Crippen LogP contribution is -2.21. The monoisotopic (exact) mass is 411 g/mol. The number of benzene rings is 3. The second-order valence-electron chi connectivity index (χ2n) is 7.40. The highest BCUT2D eigenvalue weighted by Crippen LogP contribution is 2.33. The Labute approximate surface area is 179 Å². The van der Waals surface area contributed by atoms with E-state index in [1.807, 2.05) is 73.7 Å².